The summed E-state index contributed by atoms with van der Waals surface area (Å²) in [6.45, 7) is 3.00. The van der Waals surface area contributed by atoms with Crippen LogP contribution < -0.4 is 4.90 Å². The molecule has 2 heterocycles. The van der Waals surface area contributed by atoms with E-state index in [0.29, 0.717) is 17.9 Å². The number of hydrogen-bond acceptors (Lipinski definition) is 4. The lowest BCUT2D eigenvalue weighted by Crippen LogP contribution is -2.15. The summed E-state index contributed by atoms with van der Waals surface area (Å²) in [6.07, 6.45) is 2.80. The average molecular weight is 298 g/mol. The summed E-state index contributed by atoms with van der Waals surface area (Å²) < 4.78 is 7.97. The summed E-state index contributed by atoms with van der Waals surface area (Å²) in [5.74, 6) is 3.02. The zero-order valence-corrected chi connectivity index (χ0v) is 13.4. The fourth-order valence-electron chi connectivity index (χ4n) is 3.66. The van der Waals surface area contributed by atoms with Crippen LogP contribution in [0.5, 0.6) is 0 Å². The van der Waals surface area contributed by atoms with Crippen LogP contribution in [0.15, 0.2) is 24.3 Å². The Bertz CT molecular complexity index is 684. The predicted octanol–water partition coefficient (Wildman–Crippen LogP) is 2.78. The zero-order valence-electron chi connectivity index (χ0n) is 13.4. The maximum Gasteiger partial charge on any atom is 0.231 e. The molecule has 22 heavy (non-hydrogen) atoms. The van der Waals surface area contributed by atoms with Crippen LogP contribution in [0.1, 0.15) is 30.1 Å². The van der Waals surface area contributed by atoms with Crippen LogP contribution in [-0.4, -0.2) is 34.5 Å². The van der Waals surface area contributed by atoms with Crippen LogP contribution in [0.25, 0.3) is 0 Å². The molecule has 0 radical (unpaired) electrons. The van der Waals surface area contributed by atoms with Gasteiger partial charge in [-0.05, 0) is 43.4 Å². The molecule has 3 unspecified atom stereocenters. The molecule has 1 saturated carbocycles. The SMILES string of the molecule is Cc1cccc(N(C)c2nnc(C3C4CCCOC43)n2C)c1. The summed E-state index contributed by atoms with van der Waals surface area (Å²) in [6, 6.07) is 8.43. The van der Waals surface area contributed by atoms with Gasteiger partial charge in [-0.3, -0.25) is 4.57 Å². The number of nitrogens with zero attached hydrogens (tertiary/aromatic N) is 4. The molecule has 1 aliphatic heterocycles. The number of benzene rings is 1. The molecule has 1 aliphatic carbocycles. The summed E-state index contributed by atoms with van der Waals surface area (Å²) in [7, 11) is 4.10. The highest BCUT2D eigenvalue weighted by atomic mass is 16.5. The third kappa shape index (κ3) is 2.11. The lowest BCUT2D eigenvalue weighted by Gasteiger charge is -2.18. The van der Waals surface area contributed by atoms with E-state index < -0.39 is 0 Å². The largest absolute Gasteiger partial charge is 0.377 e. The first-order valence-corrected chi connectivity index (χ1v) is 7.98. The van der Waals surface area contributed by atoms with Gasteiger partial charge in [0.2, 0.25) is 5.95 Å². The van der Waals surface area contributed by atoms with E-state index >= 15 is 0 Å². The lowest BCUT2D eigenvalue weighted by atomic mass is 10.2. The molecule has 0 amide bonds. The predicted molar refractivity (Wildman–Crippen MR) is 85.5 cm³/mol. The number of fused-ring (bicyclic) bond motifs is 1. The summed E-state index contributed by atoms with van der Waals surface area (Å²) >= 11 is 0. The van der Waals surface area contributed by atoms with Crippen molar-refractivity contribution in [1.82, 2.24) is 14.8 Å². The lowest BCUT2D eigenvalue weighted by molar-refractivity contribution is 0.0778. The quantitative estimate of drug-likeness (QED) is 0.874. The Kier molecular flexibility index (Phi) is 3.18. The summed E-state index contributed by atoms with van der Waals surface area (Å²) in [5, 5.41) is 8.89. The molecule has 4 rings (SSSR count). The van der Waals surface area contributed by atoms with Gasteiger partial charge in [0, 0.05) is 26.4 Å². The standard InChI is InChI=1S/C17H22N4O/c1-11-6-4-7-12(10-11)20(2)17-19-18-16(21(17)3)14-13-8-5-9-22-15(13)14/h4,6-7,10,13-15H,5,8-9H2,1-3H3. The van der Waals surface area contributed by atoms with Crippen molar-refractivity contribution in [1.29, 1.82) is 0 Å². The maximum atomic E-state index is 5.85. The van der Waals surface area contributed by atoms with Gasteiger partial charge in [0.25, 0.3) is 0 Å². The van der Waals surface area contributed by atoms with Gasteiger partial charge >= 0.3 is 0 Å². The molecule has 1 aromatic carbocycles. The second kappa shape index (κ2) is 5.09. The van der Waals surface area contributed by atoms with E-state index in [-0.39, 0.29) is 0 Å². The Morgan fingerprint density at radius 3 is 2.91 bits per heavy atom. The third-order valence-electron chi connectivity index (χ3n) is 4.96. The van der Waals surface area contributed by atoms with Crippen LogP contribution in [0.4, 0.5) is 11.6 Å². The molecule has 1 aromatic heterocycles. The van der Waals surface area contributed by atoms with Gasteiger partial charge in [-0.2, -0.15) is 0 Å². The molecule has 3 atom stereocenters. The van der Waals surface area contributed by atoms with E-state index in [1.165, 1.54) is 18.4 Å². The number of aryl methyl sites for hydroxylation is 1. The van der Waals surface area contributed by atoms with E-state index in [2.05, 4.69) is 57.9 Å². The minimum atomic E-state index is 0.369. The van der Waals surface area contributed by atoms with E-state index in [0.717, 1.165) is 24.1 Å². The Hall–Kier alpha value is -1.88. The van der Waals surface area contributed by atoms with Crippen LogP contribution >= 0.6 is 0 Å². The fraction of sp³-hybridized carbons (Fsp3) is 0.529. The van der Waals surface area contributed by atoms with Gasteiger partial charge < -0.3 is 9.64 Å². The van der Waals surface area contributed by atoms with Crippen LogP contribution in [0.2, 0.25) is 0 Å². The topological polar surface area (TPSA) is 43.2 Å². The van der Waals surface area contributed by atoms with Crippen molar-refractivity contribution in [3.63, 3.8) is 0 Å². The molecule has 0 bridgehead atoms. The first-order valence-electron chi connectivity index (χ1n) is 7.98. The molecule has 5 nitrogen and oxygen atoms in total. The number of rotatable bonds is 3. The van der Waals surface area contributed by atoms with Crippen molar-refractivity contribution in [2.75, 3.05) is 18.6 Å². The average Bonchev–Trinajstić information content (AvgIpc) is 3.13. The van der Waals surface area contributed by atoms with Crippen molar-refractivity contribution >= 4 is 11.6 Å². The first-order chi connectivity index (χ1) is 10.7. The van der Waals surface area contributed by atoms with Crippen LogP contribution in [0, 0.1) is 12.8 Å². The van der Waals surface area contributed by atoms with Crippen LogP contribution in [-0.2, 0) is 11.8 Å². The highest BCUT2D eigenvalue weighted by Crippen LogP contribution is 2.54. The molecule has 2 fully saturated rings. The van der Waals surface area contributed by atoms with Gasteiger partial charge in [0.15, 0.2) is 0 Å². The second-order valence-electron chi connectivity index (χ2n) is 6.48. The molecular formula is C17H22N4O. The Labute approximate surface area is 130 Å². The second-order valence-corrected chi connectivity index (χ2v) is 6.48. The van der Waals surface area contributed by atoms with Gasteiger partial charge in [0.1, 0.15) is 5.82 Å². The van der Waals surface area contributed by atoms with Crippen molar-refractivity contribution in [2.45, 2.75) is 31.8 Å². The molecule has 5 heteroatoms. The zero-order chi connectivity index (χ0) is 15.3. The van der Waals surface area contributed by atoms with Crippen LogP contribution in [0.3, 0.4) is 0 Å². The molecule has 116 valence electrons. The van der Waals surface area contributed by atoms with Gasteiger partial charge in [-0.15, -0.1) is 10.2 Å². The van der Waals surface area contributed by atoms with Crippen molar-refractivity contribution in [3.8, 4) is 0 Å². The number of hydrogen-bond donors (Lipinski definition) is 0. The minimum absolute atomic E-state index is 0.369. The van der Waals surface area contributed by atoms with E-state index in [1.54, 1.807) is 0 Å². The highest BCUT2D eigenvalue weighted by molar-refractivity contribution is 5.57. The van der Waals surface area contributed by atoms with Crippen molar-refractivity contribution in [2.24, 2.45) is 13.0 Å². The third-order valence-corrected chi connectivity index (χ3v) is 4.96. The minimum Gasteiger partial charge on any atom is -0.377 e. The van der Waals surface area contributed by atoms with Crippen molar-refractivity contribution < 1.29 is 4.74 Å². The normalized spacial score (nSPS) is 26.6. The van der Waals surface area contributed by atoms with E-state index in [4.69, 9.17) is 4.74 Å². The number of anilines is 2. The number of aromatic nitrogens is 3. The van der Waals surface area contributed by atoms with Gasteiger partial charge in [0.05, 0.1) is 12.0 Å². The maximum absolute atomic E-state index is 5.85. The van der Waals surface area contributed by atoms with Crippen molar-refractivity contribution in [3.05, 3.63) is 35.7 Å². The Balaban J connectivity index is 1.61. The molecule has 2 aromatic rings. The number of ether oxygens (including phenoxy) is 1. The summed E-state index contributed by atoms with van der Waals surface area (Å²) in [4.78, 5) is 2.09. The van der Waals surface area contributed by atoms with E-state index in [9.17, 15) is 0 Å². The molecule has 2 aliphatic rings. The summed E-state index contributed by atoms with van der Waals surface area (Å²) in [5.41, 5.74) is 2.37. The Morgan fingerprint density at radius 1 is 1.32 bits per heavy atom. The fourth-order valence-corrected chi connectivity index (χ4v) is 3.66. The molecule has 1 saturated heterocycles. The molecule has 0 N–H and O–H groups in total. The molecule has 0 spiro atoms. The van der Waals surface area contributed by atoms with Gasteiger partial charge in [-0.1, -0.05) is 12.1 Å². The smallest absolute Gasteiger partial charge is 0.231 e. The monoisotopic (exact) mass is 298 g/mol. The molecular weight excluding hydrogens is 276 g/mol. The van der Waals surface area contributed by atoms with E-state index in [1.807, 2.05) is 7.05 Å². The first kappa shape index (κ1) is 13.8. The Morgan fingerprint density at radius 2 is 2.18 bits per heavy atom. The highest BCUT2D eigenvalue weighted by Gasteiger charge is 2.55. The van der Waals surface area contributed by atoms with Gasteiger partial charge in [-0.25, -0.2) is 0 Å².